The lowest BCUT2D eigenvalue weighted by atomic mass is 10.2. The number of thiophene rings is 1. The second-order valence-corrected chi connectivity index (χ2v) is 7.52. The second-order valence-electron chi connectivity index (χ2n) is 6.26. The maximum absolute atomic E-state index is 12.5. The molecule has 22 heavy (non-hydrogen) atoms. The third-order valence-corrected chi connectivity index (χ3v) is 5.49. The van der Waals surface area contributed by atoms with E-state index in [9.17, 15) is 9.59 Å². The van der Waals surface area contributed by atoms with Gasteiger partial charge in [-0.15, -0.1) is 11.3 Å². The molecule has 0 unspecified atom stereocenters. The van der Waals surface area contributed by atoms with Crippen molar-refractivity contribution < 1.29 is 9.59 Å². The first-order valence-corrected chi connectivity index (χ1v) is 8.72. The highest BCUT2D eigenvalue weighted by molar-refractivity contribution is 7.14. The molecule has 6 heteroatoms. The Hall–Kier alpha value is -1.40. The van der Waals surface area contributed by atoms with E-state index < -0.39 is 0 Å². The number of amides is 2. The fraction of sp³-hybridized carbons (Fsp3) is 0.625. The van der Waals surface area contributed by atoms with Crippen molar-refractivity contribution in [3.8, 4) is 0 Å². The Morgan fingerprint density at radius 2 is 1.91 bits per heavy atom. The van der Waals surface area contributed by atoms with E-state index in [0.29, 0.717) is 25.7 Å². The van der Waals surface area contributed by atoms with Crippen LogP contribution in [0.1, 0.15) is 33.0 Å². The van der Waals surface area contributed by atoms with Crippen LogP contribution in [-0.2, 0) is 4.79 Å². The van der Waals surface area contributed by atoms with Crippen LogP contribution in [-0.4, -0.2) is 60.4 Å². The Bertz CT molecular complexity index is 552. The summed E-state index contributed by atoms with van der Waals surface area (Å²) >= 11 is 1.57. The first-order valence-electron chi connectivity index (χ1n) is 7.91. The van der Waals surface area contributed by atoms with Crippen molar-refractivity contribution in [1.82, 2.24) is 15.1 Å². The van der Waals surface area contributed by atoms with E-state index in [-0.39, 0.29) is 11.8 Å². The quantitative estimate of drug-likeness (QED) is 0.912. The third kappa shape index (κ3) is 3.67. The van der Waals surface area contributed by atoms with Gasteiger partial charge in [0.25, 0.3) is 5.91 Å². The Morgan fingerprint density at radius 1 is 1.23 bits per heavy atom. The van der Waals surface area contributed by atoms with Gasteiger partial charge in [0.05, 0.1) is 11.4 Å². The summed E-state index contributed by atoms with van der Waals surface area (Å²) in [5.74, 6) is 0.245. The number of nitrogens with one attached hydrogen (secondary N) is 1. The summed E-state index contributed by atoms with van der Waals surface area (Å²) in [6.07, 6.45) is 2.24. The van der Waals surface area contributed by atoms with Crippen molar-refractivity contribution >= 4 is 23.2 Å². The molecule has 2 amide bonds. The number of carbonyl (C=O) groups excluding carboxylic acids is 2. The van der Waals surface area contributed by atoms with Gasteiger partial charge in [-0.25, -0.2) is 0 Å². The van der Waals surface area contributed by atoms with Gasteiger partial charge >= 0.3 is 0 Å². The molecule has 0 spiro atoms. The minimum absolute atomic E-state index is 0.117. The number of aryl methyl sites for hydroxylation is 2. The number of hydrogen-bond donors (Lipinski definition) is 1. The molecule has 1 N–H and O–H groups in total. The number of rotatable bonds is 4. The highest BCUT2D eigenvalue weighted by atomic mass is 32.1. The zero-order valence-corrected chi connectivity index (χ0v) is 14.0. The van der Waals surface area contributed by atoms with Gasteiger partial charge in [-0.2, -0.15) is 0 Å². The molecule has 1 aliphatic carbocycles. The summed E-state index contributed by atoms with van der Waals surface area (Å²) in [5, 5.41) is 3.01. The second kappa shape index (κ2) is 6.38. The minimum Gasteiger partial charge on any atom is -0.352 e. The fourth-order valence-electron chi connectivity index (χ4n) is 2.65. The molecular weight excluding hydrogens is 298 g/mol. The standard InChI is InChI=1S/C16H23N3O2S/c1-11-9-14(22-12(11)2)16(21)19-7-5-18(6-8-19)10-15(20)17-13-3-4-13/h9,13H,3-8,10H2,1-2H3,(H,17,20). The van der Waals surface area contributed by atoms with E-state index in [1.165, 1.54) is 10.4 Å². The average molecular weight is 321 g/mol. The molecule has 120 valence electrons. The van der Waals surface area contributed by atoms with Gasteiger partial charge in [-0.3, -0.25) is 14.5 Å². The predicted octanol–water partition coefficient (Wildman–Crippen LogP) is 1.40. The van der Waals surface area contributed by atoms with Gasteiger partial charge in [0.15, 0.2) is 0 Å². The molecule has 3 rings (SSSR count). The monoisotopic (exact) mass is 321 g/mol. The first-order chi connectivity index (χ1) is 10.5. The summed E-state index contributed by atoms with van der Waals surface area (Å²) in [6, 6.07) is 2.40. The van der Waals surface area contributed by atoms with Gasteiger partial charge in [-0.05, 0) is 38.3 Å². The number of nitrogens with zero attached hydrogens (tertiary/aromatic N) is 2. The molecule has 2 aliphatic rings. The number of hydrogen-bond acceptors (Lipinski definition) is 4. The lowest BCUT2D eigenvalue weighted by Gasteiger charge is -2.34. The zero-order valence-electron chi connectivity index (χ0n) is 13.2. The first kappa shape index (κ1) is 15.5. The molecule has 2 heterocycles. The number of piperazine rings is 1. The van der Waals surface area contributed by atoms with Crippen LogP contribution in [0.5, 0.6) is 0 Å². The van der Waals surface area contributed by atoms with Crippen LogP contribution in [0.25, 0.3) is 0 Å². The molecule has 1 aliphatic heterocycles. The third-order valence-electron chi connectivity index (χ3n) is 4.35. The Labute approximate surface area is 135 Å². The Kier molecular flexibility index (Phi) is 4.49. The summed E-state index contributed by atoms with van der Waals surface area (Å²) in [6.45, 7) is 7.49. The molecule has 1 saturated carbocycles. The van der Waals surface area contributed by atoms with Gasteiger partial charge in [0.2, 0.25) is 5.91 Å². The predicted molar refractivity (Wildman–Crippen MR) is 87.3 cm³/mol. The normalized spacial score (nSPS) is 19.3. The topological polar surface area (TPSA) is 52.7 Å². The zero-order chi connectivity index (χ0) is 15.7. The van der Waals surface area contributed by atoms with E-state index in [2.05, 4.69) is 10.2 Å². The summed E-state index contributed by atoms with van der Waals surface area (Å²) in [7, 11) is 0. The highest BCUT2D eigenvalue weighted by Gasteiger charge is 2.27. The van der Waals surface area contributed by atoms with Crippen molar-refractivity contribution in [2.45, 2.75) is 32.7 Å². The van der Waals surface area contributed by atoms with E-state index >= 15 is 0 Å². The summed E-state index contributed by atoms with van der Waals surface area (Å²) in [4.78, 5) is 30.4. The SMILES string of the molecule is Cc1cc(C(=O)N2CCN(CC(=O)NC3CC3)CC2)sc1C. The average Bonchev–Trinajstić information content (AvgIpc) is 3.23. The fourth-order valence-corrected chi connectivity index (χ4v) is 3.65. The van der Waals surface area contributed by atoms with Crippen LogP contribution < -0.4 is 5.32 Å². The van der Waals surface area contributed by atoms with Crippen molar-refractivity contribution in [2.24, 2.45) is 0 Å². The van der Waals surface area contributed by atoms with Crippen LogP contribution in [0.4, 0.5) is 0 Å². The minimum atomic E-state index is 0.117. The van der Waals surface area contributed by atoms with Crippen LogP contribution in [0.2, 0.25) is 0 Å². The van der Waals surface area contributed by atoms with Crippen molar-refractivity contribution in [3.05, 3.63) is 21.4 Å². The van der Waals surface area contributed by atoms with Crippen LogP contribution in [0, 0.1) is 13.8 Å². The summed E-state index contributed by atoms with van der Waals surface area (Å²) < 4.78 is 0. The molecule has 0 aromatic carbocycles. The van der Waals surface area contributed by atoms with Crippen LogP contribution in [0.15, 0.2) is 6.07 Å². The van der Waals surface area contributed by atoms with Crippen LogP contribution >= 0.6 is 11.3 Å². The van der Waals surface area contributed by atoms with E-state index in [0.717, 1.165) is 30.8 Å². The van der Waals surface area contributed by atoms with E-state index in [1.54, 1.807) is 11.3 Å². The molecule has 2 fully saturated rings. The van der Waals surface area contributed by atoms with E-state index in [4.69, 9.17) is 0 Å². The molecule has 1 aromatic rings. The van der Waals surface area contributed by atoms with Gasteiger partial charge in [0.1, 0.15) is 0 Å². The molecular formula is C16H23N3O2S. The lowest BCUT2D eigenvalue weighted by Crippen LogP contribution is -2.51. The summed E-state index contributed by atoms with van der Waals surface area (Å²) in [5.41, 5.74) is 1.18. The van der Waals surface area contributed by atoms with Crippen LogP contribution in [0.3, 0.4) is 0 Å². The number of carbonyl (C=O) groups is 2. The largest absolute Gasteiger partial charge is 0.352 e. The van der Waals surface area contributed by atoms with Gasteiger partial charge < -0.3 is 10.2 Å². The molecule has 1 saturated heterocycles. The maximum atomic E-state index is 12.5. The molecule has 0 atom stereocenters. The van der Waals surface area contributed by atoms with Gasteiger partial charge in [0, 0.05) is 37.1 Å². The van der Waals surface area contributed by atoms with E-state index in [1.807, 2.05) is 24.8 Å². The van der Waals surface area contributed by atoms with Crippen molar-refractivity contribution in [2.75, 3.05) is 32.7 Å². The molecule has 0 radical (unpaired) electrons. The Balaban J connectivity index is 1.48. The maximum Gasteiger partial charge on any atom is 0.264 e. The van der Waals surface area contributed by atoms with Crippen molar-refractivity contribution in [3.63, 3.8) is 0 Å². The Morgan fingerprint density at radius 3 is 2.45 bits per heavy atom. The molecule has 5 nitrogen and oxygen atoms in total. The molecule has 0 bridgehead atoms. The smallest absolute Gasteiger partial charge is 0.264 e. The van der Waals surface area contributed by atoms with Gasteiger partial charge in [-0.1, -0.05) is 0 Å². The highest BCUT2D eigenvalue weighted by Crippen LogP contribution is 2.22. The molecule has 1 aromatic heterocycles. The lowest BCUT2D eigenvalue weighted by molar-refractivity contribution is -0.122. The van der Waals surface area contributed by atoms with Crippen molar-refractivity contribution in [1.29, 1.82) is 0 Å².